The zero-order valence-corrected chi connectivity index (χ0v) is 19.8. The molecule has 0 bridgehead atoms. The molecule has 0 saturated heterocycles. The Balaban J connectivity index is 1.66. The maximum absolute atomic E-state index is 13.3. The Bertz CT molecular complexity index is 871. The Morgan fingerprint density at radius 3 is 2.38 bits per heavy atom. The monoisotopic (exact) mass is 439 g/mol. The second kappa shape index (κ2) is 11.7. The molecule has 1 aromatic heterocycles. The van der Waals surface area contributed by atoms with E-state index in [1.54, 1.807) is 4.90 Å². The van der Waals surface area contributed by atoms with Gasteiger partial charge in [-0.1, -0.05) is 26.7 Å². The first-order valence-corrected chi connectivity index (χ1v) is 11.9. The first kappa shape index (κ1) is 23.9. The SMILES string of the molecule is CCCCOc1ccc(C(=O)N(CC(=O)N(CCCC)Cc2cccn2C)C2CC2)cc1. The largest absolute Gasteiger partial charge is 0.494 e. The number of nitrogens with zero attached hydrogens (tertiary/aromatic N) is 3. The number of aryl methyl sites for hydroxylation is 1. The number of rotatable bonds is 13. The fourth-order valence-corrected chi connectivity index (χ4v) is 3.69. The molecular formula is C26H37N3O3. The molecule has 0 unspecified atom stereocenters. The molecule has 1 saturated carbocycles. The van der Waals surface area contributed by atoms with Gasteiger partial charge in [-0.05, 0) is 62.1 Å². The molecule has 32 heavy (non-hydrogen) atoms. The summed E-state index contributed by atoms with van der Waals surface area (Å²) in [6.45, 7) is 6.34. The second-order valence-corrected chi connectivity index (χ2v) is 8.67. The van der Waals surface area contributed by atoms with E-state index in [9.17, 15) is 9.59 Å². The zero-order chi connectivity index (χ0) is 22.9. The van der Waals surface area contributed by atoms with E-state index in [1.807, 2.05) is 59.1 Å². The highest BCUT2D eigenvalue weighted by Gasteiger charge is 2.35. The van der Waals surface area contributed by atoms with E-state index in [0.717, 1.165) is 50.0 Å². The Kier molecular flexibility index (Phi) is 8.77. The van der Waals surface area contributed by atoms with Crippen LogP contribution in [-0.2, 0) is 18.4 Å². The van der Waals surface area contributed by atoms with Gasteiger partial charge in [-0.3, -0.25) is 9.59 Å². The number of carbonyl (C=O) groups excluding carboxylic acids is 2. The standard InChI is InChI=1S/C26H37N3O3/c1-4-6-17-28(19-23-9-8-16-27(23)3)25(30)20-29(22-12-13-22)26(31)21-10-14-24(15-11-21)32-18-7-5-2/h8-11,14-16,22H,4-7,12-13,17-20H2,1-3H3. The van der Waals surface area contributed by atoms with E-state index < -0.39 is 0 Å². The van der Waals surface area contributed by atoms with E-state index in [-0.39, 0.29) is 24.4 Å². The fraction of sp³-hybridized carbons (Fsp3) is 0.538. The molecule has 0 N–H and O–H groups in total. The second-order valence-electron chi connectivity index (χ2n) is 8.67. The van der Waals surface area contributed by atoms with Crippen molar-refractivity contribution in [1.82, 2.24) is 14.4 Å². The average Bonchev–Trinajstić information content (AvgIpc) is 3.56. The molecular weight excluding hydrogens is 402 g/mol. The molecule has 1 fully saturated rings. The van der Waals surface area contributed by atoms with Crippen LogP contribution in [0.1, 0.15) is 68.4 Å². The Hall–Kier alpha value is -2.76. The summed E-state index contributed by atoms with van der Waals surface area (Å²) < 4.78 is 7.75. The Labute approximate surface area is 192 Å². The molecule has 3 rings (SSSR count). The smallest absolute Gasteiger partial charge is 0.254 e. The lowest BCUT2D eigenvalue weighted by Crippen LogP contribution is -2.44. The predicted octanol–water partition coefficient (Wildman–Crippen LogP) is 4.64. The van der Waals surface area contributed by atoms with Crippen LogP contribution in [-0.4, -0.2) is 51.9 Å². The summed E-state index contributed by atoms with van der Waals surface area (Å²) in [5, 5.41) is 0. The number of hydrogen-bond donors (Lipinski definition) is 0. The molecule has 6 nitrogen and oxygen atoms in total. The lowest BCUT2D eigenvalue weighted by molar-refractivity contribution is -0.132. The lowest BCUT2D eigenvalue weighted by atomic mass is 10.2. The molecule has 0 spiro atoms. The van der Waals surface area contributed by atoms with Crippen LogP contribution in [0.4, 0.5) is 0 Å². The van der Waals surface area contributed by atoms with Crippen LogP contribution in [0, 0.1) is 0 Å². The summed E-state index contributed by atoms with van der Waals surface area (Å²) in [4.78, 5) is 30.2. The quantitative estimate of drug-likeness (QED) is 0.427. The maximum atomic E-state index is 13.3. The maximum Gasteiger partial charge on any atom is 0.254 e. The van der Waals surface area contributed by atoms with Crippen LogP contribution in [0.25, 0.3) is 0 Å². The summed E-state index contributed by atoms with van der Waals surface area (Å²) in [7, 11) is 1.99. The number of benzene rings is 1. The molecule has 0 radical (unpaired) electrons. The molecule has 2 aromatic rings. The number of unbranched alkanes of at least 4 members (excludes halogenated alkanes) is 2. The van der Waals surface area contributed by atoms with Gasteiger partial charge in [-0.15, -0.1) is 0 Å². The third-order valence-corrected chi connectivity index (χ3v) is 5.96. The highest BCUT2D eigenvalue weighted by molar-refractivity contribution is 5.97. The highest BCUT2D eigenvalue weighted by Crippen LogP contribution is 2.29. The first-order chi connectivity index (χ1) is 15.5. The van der Waals surface area contributed by atoms with E-state index in [4.69, 9.17) is 4.74 Å². The third kappa shape index (κ3) is 6.62. The summed E-state index contributed by atoms with van der Waals surface area (Å²) in [6, 6.07) is 11.5. The molecule has 6 heteroatoms. The molecule has 1 heterocycles. The Morgan fingerprint density at radius 1 is 1.06 bits per heavy atom. The minimum absolute atomic E-state index is 0.0134. The number of hydrogen-bond acceptors (Lipinski definition) is 3. The van der Waals surface area contributed by atoms with Crippen molar-refractivity contribution in [2.24, 2.45) is 7.05 Å². The predicted molar refractivity (Wildman–Crippen MR) is 127 cm³/mol. The molecule has 0 aliphatic heterocycles. The van der Waals surface area contributed by atoms with Gasteiger partial charge in [0.25, 0.3) is 5.91 Å². The van der Waals surface area contributed by atoms with Crippen molar-refractivity contribution in [2.75, 3.05) is 19.7 Å². The van der Waals surface area contributed by atoms with Crippen LogP contribution in [0.3, 0.4) is 0 Å². The van der Waals surface area contributed by atoms with Crippen molar-refractivity contribution in [1.29, 1.82) is 0 Å². The summed E-state index contributed by atoms with van der Waals surface area (Å²) >= 11 is 0. The van der Waals surface area contributed by atoms with Crippen LogP contribution >= 0.6 is 0 Å². The van der Waals surface area contributed by atoms with Crippen molar-refractivity contribution in [3.8, 4) is 5.75 Å². The molecule has 1 aliphatic carbocycles. The van der Waals surface area contributed by atoms with Crippen LogP contribution in [0.5, 0.6) is 5.75 Å². The van der Waals surface area contributed by atoms with Crippen molar-refractivity contribution in [3.63, 3.8) is 0 Å². The van der Waals surface area contributed by atoms with Crippen LogP contribution < -0.4 is 4.74 Å². The number of amides is 2. The van der Waals surface area contributed by atoms with Gasteiger partial charge in [0, 0.05) is 37.1 Å². The number of ether oxygens (including phenoxy) is 1. The summed E-state index contributed by atoms with van der Waals surface area (Å²) in [5.41, 5.74) is 1.70. The summed E-state index contributed by atoms with van der Waals surface area (Å²) in [5.74, 6) is 0.715. The topological polar surface area (TPSA) is 54.8 Å². The van der Waals surface area contributed by atoms with Crippen molar-refractivity contribution in [3.05, 3.63) is 53.9 Å². The first-order valence-electron chi connectivity index (χ1n) is 11.9. The Morgan fingerprint density at radius 2 is 1.78 bits per heavy atom. The molecule has 174 valence electrons. The van der Waals surface area contributed by atoms with Gasteiger partial charge in [0.15, 0.2) is 0 Å². The van der Waals surface area contributed by atoms with Crippen molar-refractivity contribution in [2.45, 2.75) is 65.0 Å². The normalized spacial score (nSPS) is 13.1. The van der Waals surface area contributed by atoms with Gasteiger partial charge in [-0.25, -0.2) is 0 Å². The molecule has 1 aliphatic rings. The molecule has 1 aromatic carbocycles. The number of aromatic nitrogens is 1. The van der Waals surface area contributed by atoms with E-state index >= 15 is 0 Å². The van der Waals surface area contributed by atoms with Crippen LogP contribution in [0.2, 0.25) is 0 Å². The van der Waals surface area contributed by atoms with Crippen LogP contribution in [0.15, 0.2) is 42.6 Å². The van der Waals surface area contributed by atoms with E-state index in [2.05, 4.69) is 13.8 Å². The third-order valence-electron chi connectivity index (χ3n) is 5.96. The van der Waals surface area contributed by atoms with Gasteiger partial charge < -0.3 is 19.1 Å². The van der Waals surface area contributed by atoms with E-state index in [1.165, 1.54) is 0 Å². The highest BCUT2D eigenvalue weighted by atomic mass is 16.5. The van der Waals surface area contributed by atoms with Gasteiger partial charge in [-0.2, -0.15) is 0 Å². The van der Waals surface area contributed by atoms with Gasteiger partial charge >= 0.3 is 0 Å². The lowest BCUT2D eigenvalue weighted by Gasteiger charge is -2.28. The minimum atomic E-state index is -0.0738. The number of carbonyl (C=O) groups is 2. The van der Waals surface area contributed by atoms with Gasteiger partial charge in [0.1, 0.15) is 12.3 Å². The average molecular weight is 440 g/mol. The summed E-state index contributed by atoms with van der Waals surface area (Å²) in [6.07, 6.45) is 7.99. The minimum Gasteiger partial charge on any atom is -0.494 e. The zero-order valence-electron chi connectivity index (χ0n) is 19.8. The van der Waals surface area contributed by atoms with E-state index in [0.29, 0.717) is 25.3 Å². The van der Waals surface area contributed by atoms with Crippen molar-refractivity contribution >= 4 is 11.8 Å². The van der Waals surface area contributed by atoms with Gasteiger partial charge in [0.2, 0.25) is 5.91 Å². The van der Waals surface area contributed by atoms with Gasteiger partial charge in [0.05, 0.1) is 13.2 Å². The fourth-order valence-electron chi connectivity index (χ4n) is 3.69. The molecule has 2 amide bonds. The van der Waals surface area contributed by atoms with Crippen molar-refractivity contribution < 1.29 is 14.3 Å². The molecule has 0 atom stereocenters.